The van der Waals surface area contributed by atoms with Crippen LogP contribution in [0.3, 0.4) is 0 Å². The maximum atomic E-state index is 10.4. The van der Waals surface area contributed by atoms with Gasteiger partial charge in [0.15, 0.2) is 11.1 Å². The summed E-state index contributed by atoms with van der Waals surface area (Å²) in [6.45, 7) is 0. The van der Waals surface area contributed by atoms with Crippen LogP contribution in [-0.2, 0) is 11.1 Å². The van der Waals surface area contributed by atoms with Crippen LogP contribution < -0.4 is 0 Å². The Balaban J connectivity index is 0.000001000. The third-order valence-corrected chi connectivity index (χ3v) is 2.22. The second-order valence-electron chi connectivity index (χ2n) is 1.70. The van der Waals surface area contributed by atoms with Crippen molar-refractivity contribution in [3.05, 3.63) is 28.7 Å². The van der Waals surface area contributed by atoms with Crippen LogP contribution in [0.5, 0.6) is 0 Å². The predicted molar refractivity (Wildman–Crippen MR) is 48.9 cm³/mol. The van der Waals surface area contributed by atoms with Gasteiger partial charge < -0.3 is 4.55 Å². The quantitative estimate of drug-likeness (QED) is 0.602. The minimum Gasteiger partial charge on any atom is -0.302 e. The van der Waals surface area contributed by atoms with E-state index in [9.17, 15) is 4.21 Å². The fraction of sp³-hybridized carbons (Fsp3) is 0. The average Bonchev–Trinajstić information content (AvgIpc) is 1.88. The van der Waals surface area contributed by atoms with Gasteiger partial charge in [-0.05, 0) is 24.3 Å². The van der Waals surface area contributed by atoms with E-state index in [0.29, 0.717) is 4.90 Å². The molecule has 0 saturated carbocycles. The van der Waals surface area contributed by atoms with Crippen molar-refractivity contribution >= 4 is 56.6 Å². The van der Waals surface area contributed by atoms with Gasteiger partial charge in [0.2, 0.25) is 0 Å². The molecule has 0 spiro atoms. The van der Waals surface area contributed by atoms with Gasteiger partial charge in [0.1, 0.15) is 0 Å². The third kappa shape index (κ3) is 3.83. The second-order valence-corrected chi connectivity index (χ2v) is 3.59. The van der Waals surface area contributed by atoms with Crippen molar-refractivity contribution in [3.8, 4) is 0 Å². The Bertz CT molecular complexity index is 249. The molecule has 1 rings (SSSR count). The maximum absolute atomic E-state index is 10.4. The Kier molecular flexibility index (Phi) is 5.86. The summed E-state index contributed by atoms with van der Waals surface area (Å²) in [5.74, 6) is 0. The molecule has 0 aliphatic rings. The van der Waals surface area contributed by atoms with E-state index >= 15 is 0 Å². The van der Waals surface area contributed by atoms with E-state index in [2.05, 4.69) is 15.9 Å². The molecule has 5 heteroatoms. The first-order valence-corrected chi connectivity index (χ1v) is 4.46. The summed E-state index contributed by atoms with van der Waals surface area (Å²) < 4.78 is 19.9. The number of hydrogen-bond donors (Lipinski definition) is 1. The van der Waals surface area contributed by atoms with E-state index in [0.717, 1.165) is 4.47 Å². The van der Waals surface area contributed by atoms with E-state index in [1.165, 1.54) is 0 Å². The molecule has 1 aromatic carbocycles. The smallest absolute Gasteiger partial charge is 0.186 e. The summed E-state index contributed by atoms with van der Waals surface area (Å²) in [4.78, 5) is 0.420. The predicted octanol–water partition coefficient (Wildman–Crippen LogP) is 1.65. The summed E-state index contributed by atoms with van der Waals surface area (Å²) in [7, 11) is 0. The van der Waals surface area contributed by atoms with Gasteiger partial charge in [-0.25, -0.2) is 4.21 Å². The molecule has 0 heterocycles. The minimum atomic E-state index is -1.86. The van der Waals surface area contributed by atoms with Crippen molar-refractivity contribution in [2.24, 2.45) is 0 Å². The van der Waals surface area contributed by atoms with E-state index < -0.39 is 11.1 Å². The molecule has 55 valence electrons. The molecule has 0 saturated heterocycles. The number of benzene rings is 1. The van der Waals surface area contributed by atoms with E-state index in [1.807, 2.05) is 0 Å². The van der Waals surface area contributed by atoms with Gasteiger partial charge in [-0.3, -0.25) is 0 Å². The molecular weight excluding hydrogens is 239 g/mol. The SMILES string of the molecule is O=S(O)c1ccc(Br)cc1.[Na]. The van der Waals surface area contributed by atoms with E-state index in [1.54, 1.807) is 24.3 Å². The van der Waals surface area contributed by atoms with Crippen LogP contribution in [0.1, 0.15) is 0 Å². The van der Waals surface area contributed by atoms with Crippen LogP contribution in [0.25, 0.3) is 0 Å². The summed E-state index contributed by atoms with van der Waals surface area (Å²) in [6.07, 6.45) is 0. The van der Waals surface area contributed by atoms with E-state index in [-0.39, 0.29) is 29.6 Å². The molecule has 0 bridgehead atoms. The summed E-state index contributed by atoms with van der Waals surface area (Å²) in [5.41, 5.74) is 0. The fourth-order valence-corrected chi connectivity index (χ4v) is 1.18. The van der Waals surface area contributed by atoms with E-state index in [4.69, 9.17) is 4.55 Å². The van der Waals surface area contributed by atoms with Crippen molar-refractivity contribution < 1.29 is 8.76 Å². The van der Waals surface area contributed by atoms with Crippen molar-refractivity contribution in [3.63, 3.8) is 0 Å². The summed E-state index contributed by atoms with van der Waals surface area (Å²) >= 11 is 1.36. The van der Waals surface area contributed by atoms with Crippen molar-refractivity contribution in [2.75, 3.05) is 0 Å². The minimum absolute atomic E-state index is 0. The van der Waals surface area contributed by atoms with Crippen LogP contribution in [0.2, 0.25) is 0 Å². The molecule has 11 heavy (non-hydrogen) atoms. The molecular formula is C6H5BrNaO2S. The van der Waals surface area contributed by atoms with Crippen LogP contribution in [0.15, 0.2) is 33.6 Å². The van der Waals surface area contributed by atoms with Crippen molar-refractivity contribution in [2.45, 2.75) is 4.90 Å². The van der Waals surface area contributed by atoms with Crippen molar-refractivity contribution in [1.29, 1.82) is 0 Å². The number of hydrogen-bond acceptors (Lipinski definition) is 1. The van der Waals surface area contributed by atoms with Crippen LogP contribution >= 0.6 is 15.9 Å². The topological polar surface area (TPSA) is 37.3 Å². The largest absolute Gasteiger partial charge is 0.302 e. The first-order chi connectivity index (χ1) is 4.70. The first kappa shape index (κ1) is 11.8. The monoisotopic (exact) mass is 243 g/mol. The first-order valence-electron chi connectivity index (χ1n) is 2.56. The van der Waals surface area contributed by atoms with Gasteiger partial charge in [-0.15, -0.1) is 0 Å². The Morgan fingerprint density at radius 1 is 1.27 bits per heavy atom. The Morgan fingerprint density at radius 3 is 2.09 bits per heavy atom. The van der Waals surface area contributed by atoms with Crippen LogP contribution in [-0.4, -0.2) is 38.3 Å². The van der Waals surface area contributed by atoms with Gasteiger partial charge in [-0.1, -0.05) is 15.9 Å². The van der Waals surface area contributed by atoms with Gasteiger partial charge in [0.25, 0.3) is 0 Å². The molecule has 1 N–H and O–H groups in total. The van der Waals surface area contributed by atoms with Gasteiger partial charge in [-0.2, -0.15) is 0 Å². The Morgan fingerprint density at radius 2 is 1.73 bits per heavy atom. The second kappa shape index (κ2) is 5.45. The average molecular weight is 244 g/mol. The van der Waals surface area contributed by atoms with Gasteiger partial charge in [0.05, 0.1) is 4.90 Å². The van der Waals surface area contributed by atoms with Gasteiger partial charge >= 0.3 is 0 Å². The Hall–Kier alpha value is 0.810. The van der Waals surface area contributed by atoms with Crippen LogP contribution in [0, 0.1) is 0 Å². The molecule has 0 aliphatic carbocycles. The molecule has 1 atom stereocenters. The molecule has 0 aromatic heterocycles. The van der Waals surface area contributed by atoms with Crippen molar-refractivity contribution in [1.82, 2.24) is 0 Å². The Labute approximate surface area is 98.1 Å². The zero-order valence-corrected chi connectivity index (χ0v) is 10.4. The number of halogens is 1. The number of rotatable bonds is 1. The van der Waals surface area contributed by atoms with Crippen LogP contribution in [0.4, 0.5) is 0 Å². The normalized spacial score (nSPS) is 11.8. The summed E-state index contributed by atoms with van der Waals surface area (Å²) in [6, 6.07) is 6.65. The molecule has 0 amide bonds. The zero-order valence-electron chi connectivity index (χ0n) is 5.95. The molecule has 0 fully saturated rings. The third-order valence-electron chi connectivity index (χ3n) is 1.02. The summed E-state index contributed by atoms with van der Waals surface area (Å²) in [5, 5.41) is 0. The molecule has 2 nitrogen and oxygen atoms in total. The molecule has 1 radical (unpaired) electrons. The molecule has 1 aromatic rings. The zero-order chi connectivity index (χ0) is 7.56. The molecule has 1 unspecified atom stereocenters. The maximum Gasteiger partial charge on any atom is 0.186 e. The fourth-order valence-electron chi connectivity index (χ4n) is 0.551. The standard InChI is InChI=1S/C6H5BrO2S.Na/c7-5-1-3-6(4-2-5)10(8)9;/h1-4H,(H,8,9);. The van der Waals surface area contributed by atoms with Gasteiger partial charge in [0, 0.05) is 34.0 Å². The molecule has 0 aliphatic heterocycles.